The van der Waals surface area contributed by atoms with Crippen molar-refractivity contribution in [2.45, 2.75) is 32.6 Å². The molecule has 6 nitrogen and oxygen atoms in total. The summed E-state index contributed by atoms with van der Waals surface area (Å²) >= 11 is 0. The molecule has 0 saturated heterocycles. The molecule has 39 heavy (non-hydrogen) atoms. The lowest BCUT2D eigenvalue weighted by Crippen LogP contribution is -2.28. The third kappa shape index (κ3) is 6.41. The molecule has 1 unspecified atom stereocenters. The summed E-state index contributed by atoms with van der Waals surface area (Å²) in [6, 6.07) is 24.3. The van der Waals surface area contributed by atoms with E-state index in [0.29, 0.717) is 24.7 Å². The number of ether oxygens (including phenoxy) is 4. The second kappa shape index (κ2) is 12.5. The summed E-state index contributed by atoms with van der Waals surface area (Å²) in [5.74, 6) is 2.89. The van der Waals surface area contributed by atoms with Gasteiger partial charge in [0.1, 0.15) is 13.2 Å². The van der Waals surface area contributed by atoms with Gasteiger partial charge in [-0.3, -0.25) is 4.98 Å². The van der Waals surface area contributed by atoms with Crippen LogP contribution in [-0.2, 0) is 19.6 Å². The number of aromatic nitrogens is 1. The molecular formula is C33H34N2O4. The molecule has 5 rings (SSSR count). The van der Waals surface area contributed by atoms with E-state index in [1.807, 2.05) is 48.5 Å². The number of methoxy groups -OCH3 is 2. The van der Waals surface area contributed by atoms with Crippen molar-refractivity contribution >= 4 is 6.08 Å². The van der Waals surface area contributed by atoms with Crippen molar-refractivity contribution in [3.63, 3.8) is 0 Å². The summed E-state index contributed by atoms with van der Waals surface area (Å²) in [5.41, 5.74) is 6.61. The molecule has 0 radical (unpaired) electrons. The number of rotatable bonds is 10. The molecule has 0 spiro atoms. The first kappa shape index (κ1) is 26.3. The molecule has 0 saturated carbocycles. The molecule has 0 bridgehead atoms. The number of nitrogens with zero attached hydrogens (tertiary/aromatic N) is 1. The van der Waals surface area contributed by atoms with Crippen LogP contribution in [0, 0.1) is 6.92 Å². The molecule has 1 aliphatic heterocycles. The molecule has 0 amide bonds. The Morgan fingerprint density at radius 2 is 1.59 bits per heavy atom. The minimum absolute atomic E-state index is 0.0465. The van der Waals surface area contributed by atoms with Crippen LogP contribution in [0.25, 0.3) is 6.08 Å². The predicted octanol–water partition coefficient (Wildman–Crippen LogP) is 6.47. The Morgan fingerprint density at radius 1 is 0.846 bits per heavy atom. The third-order valence-electron chi connectivity index (χ3n) is 6.88. The van der Waals surface area contributed by atoms with Gasteiger partial charge in [-0.25, -0.2) is 0 Å². The highest BCUT2D eigenvalue weighted by Gasteiger charge is 2.21. The smallest absolute Gasteiger partial charge is 0.162 e. The Hall–Kier alpha value is -4.29. The second-order valence-corrected chi connectivity index (χ2v) is 9.49. The number of benzene rings is 3. The molecule has 0 aliphatic carbocycles. The summed E-state index contributed by atoms with van der Waals surface area (Å²) in [7, 11) is 3.34. The van der Waals surface area contributed by atoms with Gasteiger partial charge in [-0.2, -0.15) is 0 Å². The first-order chi connectivity index (χ1) is 19.1. The van der Waals surface area contributed by atoms with Crippen LogP contribution in [0.2, 0.25) is 0 Å². The number of hydrogen-bond donors (Lipinski definition) is 1. The fraction of sp³-hybridized carbons (Fsp3) is 0.242. The highest BCUT2D eigenvalue weighted by Crippen LogP contribution is 2.37. The van der Waals surface area contributed by atoms with Crippen LogP contribution < -0.4 is 24.3 Å². The average molecular weight is 523 g/mol. The third-order valence-corrected chi connectivity index (χ3v) is 6.88. The summed E-state index contributed by atoms with van der Waals surface area (Å²) in [5, 5.41) is 3.63. The van der Waals surface area contributed by atoms with Crippen LogP contribution in [0.3, 0.4) is 0 Å². The Bertz CT molecular complexity index is 1420. The van der Waals surface area contributed by atoms with Crippen molar-refractivity contribution in [2.24, 2.45) is 0 Å². The molecule has 3 aromatic carbocycles. The molecule has 2 heterocycles. The van der Waals surface area contributed by atoms with Crippen molar-refractivity contribution in [1.29, 1.82) is 0 Å². The minimum Gasteiger partial charge on any atom is -0.493 e. The summed E-state index contributed by atoms with van der Waals surface area (Å²) in [6.07, 6.45) is 7.03. The van der Waals surface area contributed by atoms with Gasteiger partial charge in [-0.05, 0) is 77.6 Å². The Kier molecular flexibility index (Phi) is 8.44. The van der Waals surface area contributed by atoms with Gasteiger partial charge < -0.3 is 24.3 Å². The molecule has 1 aromatic heterocycles. The molecular weight excluding hydrogens is 488 g/mol. The molecule has 1 atom stereocenters. The fourth-order valence-corrected chi connectivity index (χ4v) is 4.74. The van der Waals surface area contributed by atoms with Gasteiger partial charge >= 0.3 is 0 Å². The highest BCUT2D eigenvalue weighted by atomic mass is 16.5. The van der Waals surface area contributed by atoms with E-state index in [1.54, 1.807) is 20.4 Å². The van der Waals surface area contributed by atoms with Crippen LogP contribution >= 0.6 is 0 Å². The number of fused-ring (bicyclic) bond motifs is 1. The van der Waals surface area contributed by atoms with Crippen LogP contribution in [0.1, 0.15) is 39.6 Å². The maximum Gasteiger partial charge on any atom is 0.162 e. The maximum absolute atomic E-state index is 6.16. The van der Waals surface area contributed by atoms with E-state index in [4.69, 9.17) is 18.9 Å². The zero-order valence-electron chi connectivity index (χ0n) is 22.6. The van der Waals surface area contributed by atoms with E-state index in [-0.39, 0.29) is 6.04 Å². The highest BCUT2D eigenvalue weighted by molar-refractivity contribution is 5.61. The van der Waals surface area contributed by atoms with Gasteiger partial charge in [0.2, 0.25) is 0 Å². The number of aryl methyl sites for hydroxylation is 1. The van der Waals surface area contributed by atoms with Crippen LogP contribution in [-0.4, -0.2) is 25.7 Å². The predicted molar refractivity (Wildman–Crippen MR) is 154 cm³/mol. The molecule has 6 heteroatoms. The SMILES string of the molecule is COc1cc2c(cc1OCc1ccccc1)CCNC2/C=C/c1cc(OCc2ccccn2)c(OC)cc1C. The Morgan fingerprint density at radius 3 is 2.36 bits per heavy atom. The van der Waals surface area contributed by atoms with Crippen LogP contribution in [0.4, 0.5) is 0 Å². The Labute approximate surface area is 230 Å². The zero-order valence-corrected chi connectivity index (χ0v) is 22.6. The zero-order chi connectivity index (χ0) is 27.0. The van der Waals surface area contributed by atoms with E-state index >= 15 is 0 Å². The normalized spacial score (nSPS) is 14.6. The van der Waals surface area contributed by atoms with E-state index in [2.05, 4.69) is 53.6 Å². The van der Waals surface area contributed by atoms with Gasteiger partial charge in [0.25, 0.3) is 0 Å². The van der Waals surface area contributed by atoms with E-state index in [0.717, 1.165) is 46.8 Å². The lowest BCUT2D eigenvalue weighted by atomic mass is 9.92. The van der Waals surface area contributed by atoms with Gasteiger partial charge in [0.15, 0.2) is 23.0 Å². The van der Waals surface area contributed by atoms with Crippen molar-refractivity contribution in [2.75, 3.05) is 20.8 Å². The van der Waals surface area contributed by atoms with E-state index in [1.165, 1.54) is 11.1 Å². The quantitative estimate of drug-likeness (QED) is 0.258. The van der Waals surface area contributed by atoms with E-state index in [9.17, 15) is 0 Å². The lowest BCUT2D eigenvalue weighted by Gasteiger charge is -2.26. The number of hydrogen-bond acceptors (Lipinski definition) is 6. The fourth-order valence-electron chi connectivity index (χ4n) is 4.74. The topological polar surface area (TPSA) is 61.8 Å². The largest absolute Gasteiger partial charge is 0.493 e. The standard InChI is InChI=1S/C33H34N2O4/c1-23-17-30(36-2)32(39-22-27-11-7-8-15-34-27)18-25(23)12-13-29-28-20-31(37-3)33(19-26(28)14-16-35-29)38-21-24-9-5-4-6-10-24/h4-13,15,17-20,29,35H,14,16,21-22H2,1-3H3/b13-12+. The monoisotopic (exact) mass is 522 g/mol. The van der Waals surface area contributed by atoms with E-state index < -0.39 is 0 Å². The summed E-state index contributed by atoms with van der Waals surface area (Å²) in [4.78, 5) is 4.35. The van der Waals surface area contributed by atoms with Crippen molar-refractivity contribution < 1.29 is 18.9 Å². The molecule has 4 aromatic rings. The summed E-state index contributed by atoms with van der Waals surface area (Å²) in [6.45, 7) is 3.83. The van der Waals surface area contributed by atoms with Crippen molar-refractivity contribution in [3.8, 4) is 23.0 Å². The molecule has 200 valence electrons. The molecule has 1 aliphatic rings. The lowest BCUT2D eigenvalue weighted by molar-refractivity contribution is 0.280. The van der Waals surface area contributed by atoms with Gasteiger partial charge in [0, 0.05) is 12.7 Å². The van der Waals surface area contributed by atoms with Crippen molar-refractivity contribution in [1.82, 2.24) is 10.3 Å². The first-order valence-corrected chi connectivity index (χ1v) is 13.1. The molecule has 1 N–H and O–H groups in total. The maximum atomic E-state index is 6.16. The van der Waals surface area contributed by atoms with Gasteiger partial charge in [-0.15, -0.1) is 0 Å². The van der Waals surface area contributed by atoms with Gasteiger partial charge in [-0.1, -0.05) is 48.6 Å². The molecule has 0 fully saturated rings. The minimum atomic E-state index is 0.0465. The van der Waals surface area contributed by atoms with Crippen LogP contribution in [0.15, 0.2) is 85.1 Å². The number of nitrogens with one attached hydrogen (secondary N) is 1. The van der Waals surface area contributed by atoms with Crippen molar-refractivity contribution in [3.05, 3.63) is 119 Å². The first-order valence-electron chi connectivity index (χ1n) is 13.1. The second-order valence-electron chi connectivity index (χ2n) is 9.49. The average Bonchev–Trinajstić information content (AvgIpc) is 2.99. The van der Waals surface area contributed by atoms with Gasteiger partial charge in [0.05, 0.1) is 26.0 Å². The van der Waals surface area contributed by atoms with Crippen LogP contribution in [0.5, 0.6) is 23.0 Å². The Balaban J connectivity index is 1.36. The summed E-state index contributed by atoms with van der Waals surface area (Å²) < 4.78 is 23.6. The number of pyridine rings is 1.